The summed E-state index contributed by atoms with van der Waals surface area (Å²) in [4.78, 5) is 24.6. The summed E-state index contributed by atoms with van der Waals surface area (Å²) in [7, 11) is 0. The minimum Gasteiger partial charge on any atom is -0.326 e. The van der Waals surface area contributed by atoms with Crippen LogP contribution in [0.25, 0.3) is 0 Å². The van der Waals surface area contributed by atoms with Gasteiger partial charge in [0, 0.05) is 23.2 Å². The smallest absolute Gasteiger partial charge is 0.237 e. The maximum atomic E-state index is 12.4. The number of aryl methyl sites for hydroxylation is 2. The molecule has 2 aromatic rings. The second kappa shape index (κ2) is 8.02. The van der Waals surface area contributed by atoms with Crippen molar-refractivity contribution in [3.8, 4) is 0 Å². The SMILES string of the molecule is CC(=O)Nc1cccc(NC(=O)C(C)Sc2ccc(C)cc2C)c1. The van der Waals surface area contributed by atoms with E-state index in [-0.39, 0.29) is 17.1 Å². The van der Waals surface area contributed by atoms with Gasteiger partial charge in [0.15, 0.2) is 0 Å². The normalized spacial score (nSPS) is 11.7. The van der Waals surface area contributed by atoms with Crippen molar-refractivity contribution in [2.24, 2.45) is 0 Å². The molecule has 0 heterocycles. The van der Waals surface area contributed by atoms with Crippen molar-refractivity contribution >= 4 is 35.0 Å². The van der Waals surface area contributed by atoms with Gasteiger partial charge in [0.2, 0.25) is 11.8 Å². The van der Waals surface area contributed by atoms with Gasteiger partial charge in [-0.15, -0.1) is 11.8 Å². The minimum absolute atomic E-state index is 0.0695. The first-order chi connectivity index (χ1) is 11.3. The van der Waals surface area contributed by atoms with Crippen molar-refractivity contribution in [1.82, 2.24) is 0 Å². The number of hydrogen-bond acceptors (Lipinski definition) is 3. The Morgan fingerprint density at radius 2 is 1.67 bits per heavy atom. The molecule has 0 aliphatic heterocycles. The van der Waals surface area contributed by atoms with Crippen molar-refractivity contribution in [2.75, 3.05) is 10.6 Å². The monoisotopic (exact) mass is 342 g/mol. The van der Waals surface area contributed by atoms with E-state index in [9.17, 15) is 9.59 Å². The van der Waals surface area contributed by atoms with E-state index in [4.69, 9.17) is 0 Å². The standard InChI is InChI=1S/C19H22N2O2S/c1-12-8-9-18(13(2)10-12)24-14(3)19(23)21-17-7-5-6-16(11-17)20-15(4)22/h5-11,14H,1-4H3,(H,20,22)(H,21,23). The second-order valence-corrected chi connectivity index (χ2v) is 7.16. The molecule has 0 fully saturated rings. The number of amides is 2. The lowest BCUT2D eigenvalue weighted by Crippen LogP contribution is -2.22. The summed E-state index contributed by atoms with van der Waals surface area (Å²) in [5.74, 6) is -0.211. The van der Waals surface area contributed by atoms with Gasteiger partial charge in [0.05, 0.1) is 5.25 Å². The highest BCUT2D eigenvalue weighted by molar-refractivity contribution is 8.00. The molecule has 2 amide bonds. The minimum atomic E-state index is -0.226. The number of anilines is 2. The first-order valence-electron chi connectivity index (χ1n) is 7.77. The number of carbonyl (C=O) groups is 2. The molecule has 0 spiro atoms. The molecule has 2 N–H and O–H groups in total. The first-order valence-corrected chi connectivity index (χ1v) is 8.65. The fraction of sp³-hybridized carbons (Fsp3) is 0.263. The van der Waals surface area contributed by atoms with Crippen LogP contribution in [0.1, 0.15) is 25.0 Å². The fourth-order valence-corrected chi connectivity index (χ4v) is 3.24. The Balaban J connectivity index is 2.02. The third-order valence-electron chi connectivity index (χ3n) is 3.45. The Hall–Kier alpha value is -2.27. The van der Waals surface area contributed by atoms with Gasteiger partial charge in [0.25, 0.3) is 0 Å². The molecule has 24 heavy (non-hydrogen) atoms. The van der Waals surface area contributed by atoms with E-state index < -0.39 is 0 Å². The van der Waals surface area contributed by atoms with Gasteiger partial charge in [0.1, 0.15) is 0 Å². The van der Waals surface area contributed by atoms with E-state index in [1.165, 1.54) is 29.8 Å². The van der Waals surface area contributed by atoms with E-state index in [0.29, 0.717) is 11.4 Å². The molecule has 0 aromatic heterocycles. The lowest BCUT2D eigenvalue weighted by Gasteiger charge is -2.14. The topological polar surface area (TPSA) is 58.2 Å². The zero-order valence-electron chi connectivity index (χ0n) is 14.3. The van der Waals surface area contributed by atoms with Crippen LogP contribution in [0.15, 0.2) is 47.4 Å². The molecule has 0 aliphatic carbocycles. The van der Waals surface area contributed by atoms with Crippen LogP contribution in [-0.4, -0.2) is 17.1 Å². The third kappa shape index (κ3) is 5.13. The molecule has 4 nitrogen and oxygen atoms in total. The van der Waals surface area contributed by atoms with Crippen LogP contribution >= 0.6 is 11.8 Å². The average molecular weight is 342 g/mol. The second-order valence-electron chi connectivity index (χ2n) is 5.78. The number of thioether (sulfide) groups is 1. The summed E-state index contributed by atoms with van der Waals surface area (Å²) >= 11 is 1.54. The van der Waals surface area contributed by atoms with Crippen LogP contribution in [-0.2, 0) is 9.59 Å². The summed E-state index contributed by atoms with van der Waals surface area (Å²) in [5.41, 5.74) is 3.71. The predicted octanol–water partition coefficient (Wildman–Crippen LogP) is 4.38. The van der Waals surface area contributed by atoms with E-state index in [2.05, 4.69) is 42.7 Å². The van der Waals surface area contributed by atoms with Crippen LogP contribution in [0, 0.1) is 13.8 Å². The zero-order chi connectivity index (χ0) is 17.7. The summed E-state index contributed by atoms with van der Waals surface area (Å²) in [5, 5.41) is 5.37. The van der Waals surface area contributed by atoms with Gasteiger partial charge in [-0.2, -0.15) is 0 Å². The van der Waals surface area contributed by atoms with E-state index in [1.54, 1.807) is 24.3 Å². The molecule has 126 valence electrons. The number of benzene rings is 2. The van der Waals surface area contributed by atoms with Gasteiger partial charge in [-0.05, 0) is 50.6 Å². The van der Waals surface area contributed by atoms with Crippen LogP contribution in [0.3, 0.4) is 0 Å². The molecule has 2 rings (SSSR count). The van der Waals surface area contributed by atoms with Gasteiger partial charge in [-0.25, -0.2) is 0 Å². The Morgan fingerprint density at radius 3 is 2.29 bits per heavy atom. The Morgan fingerprint density at radius 1 is 1.00 bits per heavy atom. The van der Waals surface area contributed by atoms with Crippen molar-refractivity contribution < 1.29 is 9.59 Å². The molecule has 1 unspecified atom stereocenters. The summed E-state index contributed by atoms with van der Waals surface area (Å²) < 4.78 is 0. The van der Waals surface area contributed by atoms with Crippen molar-refractivity contribution in [3.63, 3.8) is 0 Å². The van der Waals surface area contributed by atoms with E-state index >= 15 is 0 Å². The summed E-state index contributed by atoms with van der Waals surface area (Å²) in [6, 6.07) is 13.3. The maximum absolute atomic E-state index is 12.4. The molecule has 0 saturated carbocycles. The van der Waals surface area contributed by atoms with Gasteiger partial charge >= 0.3 is 0 Å². The lowest BCUT2D eigenvalue weighted by molar-refractivity contribution is -0.115. The maximum Gasteiger partial charge on any atom is 0.237 e. The van der Waals surface area contributed by atoms with Crippen molar-refractivity contribution in [2.45, 2.75) is 37.8 Å². The van der Waals surface area contributed by atoms with Gasteiger partial charge in [-0.1, -0.05) is 23.8 Å². The van der Waals surface area contributed by atoms with Crippen LogP contribution in [0.2, 0.25) is 0 Å². The van der Waals surface area contributed by atoms with Crippen LogP contribution in [0.4, 0.5) is 11.4 Å². The lowest BCUT2D eigenvalue weighted by atomic mass is 10.2. The molecule has 5 heteroatoms. The van der Waals surface area contributed by atoms with Gasteiger partial charge < -0.3 is 10.6 Å². The Kier molecular flexibility index (Phi) is 6.04. The molecule has 2 aromatic carbocycles. The molecule has 1 atom stereocenters. The molecular weight excluding hydrogens is 320 g/mol. The summed E-state index contributed by atoms with van der Waals surface area (Å²) in [6.07, 6.45) is 0. The molecule has 0 saturated heterocycles. The van der Waals surface area contributed by atoms with Crippen LogP contribution in [0.5, 0.6) is 0 Å². The molecule has 0 radical (unpaired) electrons. The largest absolute Gasteiger partial charge is 0.326 e. The zero-order valence-corrected chi connectivity index (χ0v) is 15.2. The number of hydrogen-bond donors (Lipinski definition) is 2. The fourth-order valence-electron chi connectivity index (χ4n) is 2.30. The van der Waals surface area contributed by atoms with E-state index in [0.717, 1.165) is 4.90 Å². The third-order valence-corrected chi connectivity index (χ3v) is 4.73. The highest BCUT2D eigenvalue weighted by atomic mass is 32.2. The quantitative estimate of drug-likeness (QED) is 0.793. The van der Waals surface area contributed by atoms with Crippen LogP contribution < -0.4 is 10.6 Å². The predicted molar refractivity (Wildman–Crippen MR) is 101 cm³/mol. The van der Waals surface area contributed by atoms with Gasteiger partial charge in [-0.3, -0.25) is 9.59 Å². The number of rotatable bonds is 5. The van der Waals surface area contributed by atoms with Crippen molar-refractivity contribution in [1.29, 1.82) is 0 Å². The highest BCUT2D eigenvalue weighted by Gasteiger charge is 2.16. The average Bonchev–Trinajstić information content (AvgIpc) is 2.49. The number of nitrogens with one attached hydrogen (secondary N) is 2. The molecular formula is C19H22N2O2S. The molecule has 0 bridgehead atoms. The first kappa shape index (κ1) is 18.1. The number of carbonyl (C=O) groups excluding carboxylic acids is 2. The van der Waals surface area contributed by atoms with E-state index in [1.807, 2.05) is 6.92 Å². The summed E-state index contributed by atoms with van der Waals surface area (Å²) in [6.45, 7) is 7.45. The highest BCUT2D eigenvalue weighted by Crippen LogP contribution is 2.28. The molecule has 0 aliphatic rings. The Bertz CT molecular complexity index is 759. The van der Waals surface area contributed by atoms with Crippen molar-refractivity contribution in [3.05, 3.63) is 53.6 Å². The Labute approximate surface area is 147 Å².